The van der Waals surface area contributed by atoms with E-state index in [1.807, 2.05) is 6.07 Å². The van der Waals surface area contributed by atoms with Gasteiger partial charge in [0.05, 0.1) is 0 Å². The first kappa shape index (κ1) is 16.0. The third kappa shape index (κ3) is 5.13. The number of para-hydroxylation sites is 2. The van der Waals surface area contributed by atoms with Gasteiger partial charge in [0.2, 0.25) is 0 Å². The Hall–Kier alpha value is -3.41. The van der Waals surface area contributed by atoms with Crippen LogP contribution in [0.25, 0.3) is 0 Å². The first-order valence-corrected chi connectivity index (χ1v) is 6.68. The molecule has 6 nitrogen and oxygen atoms in total. The van der Waals surface area contributed by atoms with E-state index in [2.05, 4.69) is 9.97 Å². The van der Waals surface area contributed by atoms with E-state index < -0.39 is 5.97 Å². The Morgan fingerprint density at radius 1 is 0.826 bits per heavy atom. The van der Waals surface area contributed by atoms with Gasteiger partial charge in [-0.2, -0.15) is 0 Å². The average molecular weight is 310 g/mol. The van der Waals surface area contributed by atoms with Crippen molar-refractivity contribution in [3.63, 3.8) is 0 Å². The highest BCUT2D eigenvalue weighted by Crippen LogP contribution is 2.17. The molecule has 23 heavy (non-hydrogen) atoms. The summed E-state index contributed by atoms with van der Waals surface area (Å²) >= 11 is 0. The molecule has 0 radical (unpaired) electrons. The van der Waals surface area contributed by atoms with Crippen LogP contribution < -0.4 is 4.74 Å². The van der Waals surface area contributed by atoms with E-state index in [9.17, 15) is 9.90 Å². The number of ether oxygens (including phenoxy) is 1. The van der Waals surface area contributed by atoms with Gasteiger partial charge in [-0.25, -0.2) is 14.8 Å². The fourth-order valence-electron chi connectivity index (χ4n) is 1.55. The van der Waals surface area contributed by atoms with Gasteiger partial charge < -0.3 is 14.9 Å². The van der Waals surface area contributed by atoms with Gasteiger partial charge in [-0.3, -0.25) is 0 Å². The van der Waals surface area contributed by atoms with Gasteiger partial charge >= 0.3 is 12.0 Å². The van der Waals surface area contributed by atoms with Crippen LogP contribution in [0.15, 0.2) is 73.1 Å². The number of rotatable bonds is 2. The van der Waals surface area contributed by atoms with Crippen molar-refractivity contribution in [1.29, 1.82) is 0 Å². The quantitative estimate of drug-likeness (QED) is 0.707. The Labute approximate surface area is 132 Å². The van der Waals surface area contributed by atoms with Crippen molar-refractivity contribution in [3.8, 4) is 17.5 Å². The Bertz CT molecular complexity index is 749. The minimum atomic E-state index is -0.690. The molecule has 1 heterocycles. The molecule has 116 valence electrons. The Morgan fingerprint density at radius 3 is 2.00 bits per heavy atom. The van der Waals surface area contributed by atoms with Crippen molar-refractivity contribution in [3.05, 3.63) is 78.6 Å². The summed E-state index contributed by atoms with van der Waals surface area (Å²) in [5.41, 5.74) is 0.0787. The number of nitrogens with zero attached hydrogens (tertiary/aromatic N) is 2. The largest absolute Gasteiger partial charge is 0.508 e. The number of hydrogen-bond donors (Lipinski definition) is 2. The van der Waals surface area contributed by atoms with Crippen molar-refractivity contribution >= 4 is 5.97 Å². The van der Waals surface area contributed by atoms with E-state index in [0.717, 1.165) is 0 Å². The molecule has 0 fully saturated rings. The second kappa shape index (κ2) is 8.14. The summed E-state index contributed by atoms with van der Waals surface area (Å²) in [6, 6.07) is 16.4. The van der Waals surface area contributed by atoms with Gasteiger partial charge in [0.25, 0.3) is 0 Å². The molecule has 0 aliphatic rings. The molecule has 0 bridgehead atoms. The predicted octanol–water partition coefficient (Wildman–Crippen LogP) is 2.79. The van der Waals surface area contributed by atoms with Crippen LogP contribution in [0.4, 0.5) is 0 Å². The van der Waals surface area contributed by atoms with Crippen LogP contribution in [-0.2, 0) is 0 Å². The fraction of sp³-hybridized carbons (Fsp3) is 0. The summed E-state index contributed by atoms with van der Waals surface area (Å²) in [6.45, 7) is 0. The van der Waals surface area contributed by atoms with Gasteiger partial charge in [-0.05, 0) is 30.3 Å². The van der Waals surface area contributed by atoms with E-state index in [1.165, 1.54) is 24.5 Å². The molecule has 0 aliphatic carbocycles. The number of phenolic OH excluding ortho intramolecular Hbond substituents is 2. The maximum absolute atomic E-state index is 11.6. The van der Waals surface area contributed by atoms with Crippen LogP contribution in [0.2, 0.25) is 0 Å². The van der Waals surface area contributed by atoms with Crippen LogP contribution in [-0.4, -0.2) is 26.2 Å². The number of hydrogen-bond acceptors (Lipinski definition) is 6. The first-order chi connectivity index (χ1) is 11.2. The molecule has 2 aromatic carbocycles. The highest BCUT2D eigenvalue weighted by atomic mass is 16.5. The molecule has 0 atom stereocenters. The lowest BCUT2D eigenvalue weighted by molar-refractivity contribution is 0.0716. The SMILES string of the molecule is O=C(Oc1ncccn1)c1ccccc1O.Oc1ccccc1. The van der Waals surface area contributed by atoms with Gasteiger partial charge in [-0.1, -0.05) is 30.3 Å². The molecular weight excluding hydrogens is 296 g/mol. The third-order valence-electron chi connectivity index (χ3n) is 2.61. The molecule has 0 unspecified atom stereocenters. The first-order valence-electron chi connectivity index (χ1n) is 6.68. The van der Waals surface area contributed by atoms with E-state index in [1.54, 1.807) is 42.5 Å². The molecule has 0 spiro atoms. The number of benzene rings is 2. The van der Waals surface area contributed by atoms with Crippen molar-refractivity contribution in [2.24, 2.45) is 0 Å². The maximum atomic E-state index is 11.6. The summed E-state index contributed by atoms with van der Waals surface area (Å²) in [5.74, 6) is -0.504. The zero-order valence-electron chi connectivity index (χ0n) is 12.0. The molecule has 0 amide bonds. The maximum Gasteiger partial charge on any atom is 0.349 e. The topological polar surface area (TPSA) is 92.5 Å². The van der Waals surface area contributed by atoms with Gasteiger partial charge in [0.15, 0.2) is 0 Å². The second-order valence-electron chi connectivity index (χ2n) is 4.27. The zero-order chi connectivity index (χ0) is 16.5. The number of esters is 1. The average Bonchev–Trinajstić information content (AvgIpc) is 2.57. The summed E-state index contributed by atoms with van der Waals surface area (Å²) in [6.07, 6.45) is 2.92. The molecular formula is C17H14N2O4. The lowest BCUT2D eigenvalue weighted by Gasteiger charge is -2.03. The second-order valence-corrected chi connectivity index (χ2v) is 4.27. The third-order valence-corrected chi connectivity index (χ3v) is 2.61. The van der Waals surface area contributed by atoms with Crippen LogP contribution in [0.5, 0.6) is 17.5 Å². The monoisotopic (exact) mass is 310 g/mol. The summed E-state index contributed by atoms with van der Waals surface area (Å²) in [7, 11) is 0. The Kier molecular flexibility index (Phi) is 5.65. The lowest BCUT2D eigenvalue weighted by atomic mass is 10.2. The van der Waals surface area contributed by atoms with Crippen LogP contribution >= 0.6 is 0 Å². The fourth-order valence-corrected chi connectivity index (χ4v) is 1.55. The highest BCUT2D eigenvalue weighted by molar-refractivity contribution is 5.93. The lowest BCUT2D eigenvalue weighted by Crippen LogP contribution is -2.10. The van der Waals surface area contributed by atoms with Crippen molar-refractivity contribution in [2.75, 3.05) is 0 Å². The normalized spacial score (nSPS) is 9.39. The molecule has 3 rings (SSSR count). The molecule has 0 saturated heterocycles. The van der Waals surface area contributed by atoms with Crippen LogP contribution in [0.1, 0.15) is 10.4 Å². The molecule has 0 aliphatic heterocycles. The van der Waals surface area contributed by atoms with Crippen molar-refractivity contribution in [2.45, 2.75) is 0 Å². The number of carbonyl (C=O) groups is 1. The summed E-state index contributed by atoms with van der Waals surface area (Å²) in [4.78, 5) is 19.0. The Balaban J connectivity index is 0.000000229. The zero-order valence-corrected chi connectivity index (χ0v) is 12.0. The standard InChI is InChI=1S/C11H8N2O3.C6H6O/c14-9-5-2-1-4-8(9)10(15)16-11-12-6-3-7-13-11;7-6-4-2-1-3-5-6/h1-7,14H;1-5,7H. The van der Waals surface area contributed by atoms with Crippen LogP contribution in [0.3, 0.4) is 0 Å². The summed E-state index contributed by atoms with van der Waals surface area (Å²) < 4.78 is 4.86. The minimum absolute atomic E-state index is 0.0456. The van der Waals surface area contributed by atoms with E-state index in [0.29, 0.717) is 5.75 Å². The highest BCUT2D eigenvalue weighted by Gasteiger charge is 2.13. The van der Waals surface area contributed by atoms with Gasteiger partial charge in [0, 0.05) is 12.4 Å². The summed E-state index contributed by atoms with van der Waals surface area (Å²) in [5, 5.41) is 18.0. The van der Waals surface area contributed by atoms with Crippen molar-refractivity contribution in [1.82, 2.24) is 9.97 Å². The number of carbonyl (C=O) groups excluding carboxylic acids is 1. The van der Waals surface area contributed by atoms with Gasteiger partial charge in [0.1, 0.15) is 17.1 Å². The number of aromatic nitrogens is 2. The van der Waals surface area contributed by atoms with E-state index in [-0.39, 0.29) is 17.3 Å². The molecule has 3 aromatic rings. The molecule has 6 heteroatoms. The molecule has 2 N–H and O–H groups in total. The van der Waals surface area contributed by atoms with E-state index >= 15 is 0 Å². The molecule has 0 saturated carbocycles. The predicted molar refractivity (Wildman–Crippen MR) is 83.2 cm³/mol. The number of phenols is 2. The van der Waals surface area contributed by atoms with E-state index in [4.69, 9.17) is 9.84 Å². The smallest absolute Gasteiger partial charge is 0.349 e. The van der Waals surface area contributed by atoms with Crippen molar-refractivity contribution < 1.29 is 19.7 Å². The Morgan fingerprint density at radius 2 is 1.43 bits per heavy atom. The molecule has 1 aromatic heterocycles. The van der Waals surface area contributed by atoms with Crippen LogP contribution in [0, 0.1) is 0 Å². The van der Waals surface area contributed by atoms with Gasteiger partial charge in [-0.15, -0.1) is 0 Å². The minimum Gasteiger partial charge on any atom is -0.508 e. The number of aromatic hydroxyl groups is 2.